The van der Waals surface area contributed by atoms with Gasteiger partial charge in [-0.3, -0.25) is 0 Å². The predicted molar refractivity (Wildman–Crippen MR) is 70.9 cm³/mol. The zero-order valence-electron chi connectivity index (χ0n) is 11.1. The number of hydrogen-bond donors (Lipinski definition) is 0. The number of benzene rings is 1. The molecule has 0 spiro atoms. The standard InChI is InChI=1S/C14H23NO2/c1-4-15(5-2)11-6-12-17-14-9-7-13(16-3)8-10-14/h7-10H,4-6,11-12H2,1-3H3. The average Bonchev–Trinajstić information content (AvgIpc) is 2.40. The summed E-state index contributed by atoms with van der Waals surface area (Å²) in [4.78, 5) is 2.40. The Hall–Kier alpha value is -1.22. The first-order valence-electron chi connectivity index (χ1n) is 6.29. The molecule has 0 unspecified atom stereocenters. The van der Waals surface area contributed by atoms with Gasteiger partial charge in [0.05, 0.1) is 13.7 Å². The van der Waals surface area contributed by atoms with E-state index in [0.717, 1.165) is 44.2 Å². The molecule has 0 fully saturated rings. The van der Waals surface area contributed by atoms with Gasteiger partial charge in [0, 0.05) is 6.54 Å². The fraction of sp³-hybridized carbons (Fsp3) is 0.571. The van der Waals surface area contributed by atoms with Crippen LogP contribution in [0.2, 0.25) is 0 Å². The summed E-state index contributed by atoms with van der Waals surface area (Å²) in [6, 6.07) is 7.71. The minimum atomic E-state index is 0.767. The molecular formula is C14H23NO2. The van der Waals surface area contributed by atoms with E-state index in [1.54, 1.807) is 7.11 Å². The fourth-order valence-electron chi connectivity index (χ4n) is 1.69. The van der Waals surface area contributed by atoms with Crippen LogP contribution in [0.1, 0.15) is 20.3 Å². The largest absolute Gasteiger partial charge is 0.497 e. The van der Waals surface area contributed by atoms with E-state index in [4.69, 9.17) is 9.47 Å². The second-order valence-electron chi connectivity index (χ2n) is 3.90. The molecule has 0 aliphatic heterocycles. The fourth-order valence-corrected chi connectivity index (χ4v) is 1.69. The second-order valence-corrected chi connectivity index (χ2v) is 3.90. The van der Waals surface area contributed by atoms with Crippen molar-refractivity contribution in [3.8, 4) is 11.5 Å². The summed E-state index contributed by atoms with van der Waals surface area (Å²) in [5, 5.41) is 0. The van der Waals surface area contributed by atoms with Crippen LogP contribution in [0, 0.1) is 0 Å². The molecule has 96 valence electrons. The van der Waals surface area contributed by atoms with Gasteiger partial charge in [0.25, 0.3) is 0 Å². The van der Waals surface area contributed by atoms with Crippen molar-refractivity contribution in [3.05, 3.63) is 24.3 Å². The molecule has 0 aliphatic rings. The van der Waals surface area contributed by atoms with Gasteiger partial charge in [-0.2, -0.15) is 0 Å². The molecule has 0 radical (unpaired) electrons. The highest BCUT2D eigenvalue weighted by molar-refractivity contribution is 5.31. The molecule has 3 nitrogen and oxygen atoms in total. The van der Waals surface area contributed by atoms with Gasteiger partial charge in [-0.1, -0.05) is 13.8 Å². The maximum Gasteiger partial charge on any atom is 0.119 e. The van der Waals surface area contributed by atoms with Gasteiger partial charge in [-0.05, 0) is 43.8 Å². The molecule has 0 heterocycles. The molecule has 0 atom stereocenters. The molecule has 1 rings (SSSR count). The quantitative estimate of drug-likeness (QED) is 0.649. The van der Waals surface area contributed by atoms with Crippen molar-refractivity contribution in [1.82, 2.24) is 4.90 Å². The molecule has 0 amide bonds. The number of methoxy groups -OCH3 is 1. The molecule has 0 saturated carbocycles. The van der Waals surface area contributed by atoms with Gasteiger partial charge in [0.1, 0.15) is 11.5 Å². The number of hydrogen-bond acceptors (Lipinski definition) is 3. The minimum absolute atomic E-state index is 0.767. The van der Waals surface area contributed by atoms with Crippen LogP contribution >= 0.6 is 0 Å². The Bertz CT molecular complexity index is 294. The Morgan fingerprint density at radius 1 is 1.00 bits per heavy atom. The Balaban J connectivity index is 2.21. The highest BCUT2D eigenvalue weighted by atomic mass is 16.5. The molecular weight excluding hydrogens is 214 g/mol. The van der Waals surface area contributed by atoms with Crippen molar-refractivity contribution < 1.29 is 9.47 Å². The van der Waals surface area contributed by atoms with Gasteiger partial charge in [0.15, 0.2) is 0 Å². The van der Waals surface area contributed by atoms with Crippen molar-refractivity contribution >= 4 is 0 Å². The number of rotatable bonds is 8. The summed E-state index contributed by atoms with van der Waals surface area (Å²) in [7, 11) is 1.67. The van der Waals surface area contributed by atoms with Crippen molar-refractivity contribution in [2.45, 2.75) is 20.3 Å². The first-order chi connectivity index (χ1) is 8.30. The summed E-state index contributed by atoms with van der Waals surface area (Å²) in [6.07, 6.45) is 1.06. The van der Waals surface area contributed by atoms with Crippen LogP contribution in [0.4, 0.5) is 0 Å². The van der Waals surface area contributed by atoms with Crippen LogP contribution in [-0.4, -0.2) is 38.3 Å². The molecule has 0 aromatic heterocycles. The van der Waals surface area contributed by atoms with Crippen LogP contribution in [-0.2, 0) is 0 Å². The van der Waals surface area contributed by atoms with E-state index < -0.39 is 0 Å². The van der Waals surface area contributed by atoms with E-state index in [1.807, 2.05) is 24.3 Å². The molecule has 0 saturated heterocycles. The van der Waals surface area contributed by atoms with Crippen molar-refractivity contribution in [3.63, 3.8) is 0 Å². The van der Waals surface area contributed by atoms with Crippen LogP contribution in [0.25, 0.3) is 0 Å². The summed E-state index contributed by atoms with van der Waals surface area (Å²) in [6.45, 7) is 8.46. The Morgan fingerprint density at radius 2 is 1.59 bits per heavy atom. The second kappa shape index (κ2) is 7.96. The smallest absolute Gasteiger partial charge is 0.119 e. The summed E-state index contributed by atoms with van der Waals surface area (Å²) < 4.78 is 10.8. The lowest BCUT2D eigenvalue weighted by Crippen LogP contribution is -2.25. The van der Waals surface area contributed by atoms with Crippen LogP contribution in [0.5, 0.6) is 11.5 Å². The lowest BCUT2D eigenvalue weighted by Gasteiger charge is -2.17. The molecule has 17 heavy (non-hydrogen) atoms. The van der Waals surface area contributed by atoms with E-state index in [0.29, 0.717) is 0 Å². The highest BCUT2D eigenvalue weighted by Gasteiger charge is 1.99. The van der Waals surface area contributed by atoms with E-state index >= 15 is 0 Å². The van der Waals surface area contributed by atoms with Gasteiger partial charge in [-0.15, -0.1) is 0 Å². The van der Waals surface area contributed by atoms with Gasteiger partial charge in [0.2, 0.25) is 0 Å². The monoisotopic (exact) mass is 237 g/mol. The first-order valence-corrected chi connectivity index (χ1v) is 6.29. The maximum absolute atomic E-state index is 5.66. The number of nitrogens with zero attached hydrogens (tertiary/aromatic N) is 1. The van der Waals surface area contributed by atoms with Crippen LogP contribution < -0.4 is 9.47 Å². The zero-order chi connectivity index (χ0) is 12.5. The Kier molecular flexibility index (Phi) is 6.48. The zero-order valence-corrected chi connectivity index (χ0v) is 11.1. The highest BCUT2D eigenvalue weighted by Crippen LogP contribution is 2.16. The molecule has 0 aliphatic carbocycles. The van der Waals surface area contributed by atoms with E-state index in [9.17, 15) is 0 Å². The third-order valence-electron chi connectivity index (χ3n) is 2.84. The van der Waals surface area contributed by atoms with Gasteiger partial charge in [-0.25, -0.2) is 0 Å². The predicted octanol–water partition coefficient (Wildman–Crippen LogP) is 2.81. The third kappa shape index (κ3) is 5.09. The van der Waals surface area contributed by atoms with E-state index in [2.05, 4.69) is 18.7 Å². The maximum atomic E-state index is 5.66. The van der Waals surface area contributed by atoms with Crippen molar-refractivity contribution in [2.24, 2.45) is 0 Å². The molecule has 0 bridgehead atoms. The lowest BCUT2D eigenvalue weighted by molar-refractivity contribution is 0.249. The van der Waals surface area contributed by atoms with E-state index in [1.165, 1.54) is 0 Å². The minimum Gasteiger partial charge on any atom is -0.497 e. The third-order valence-corrected chi connectivity index (χ3v) is 2.84. The van der Waals surface area contributed by atoms with Crippen molar-refractivity contribution in [1.29, 1.82) is 0 Å². The SMILES string of the molecule is CCN(CC)CCCOc1ccc(OC)cc1. The first kappa shape index (κ1) is 13.8. The molecule has 1 aromatic carbocycles. The number of ether oxygens (including phenoxy) is 2. The molecule has 0 N–H and O–H groups in total. The Labute approximate surface area is 104 Å². The molecule has 3 heteroatoms. The van der Waals surface area contributed by atoms with Gasteiger partial charge < -0.3 is 14.4 Å². The summed E-state index contributed by atoms with van der Waals surface area (Å²) >= 11 is 0. The van der Waals surface area contributed by atoms with Crippen molar-refractivity contribution in [2.75, 3.05) is 33.4 Å². The van der Waals surface area contributed by atoms with Crippen LogP contribution in [0.15, 0.2) is 24.3 Å². The normalized spacial score (nSPS) is 10.6. The van der Waals surface area contributed by atoms with Crippen LogP contribution in [0.3, 0.4) is 0 Å². The summed E-state index contributed by atoms with van der Waals surface area (Å²) in [5.41, 5.74) is 0. The Morgan fingerprint density at radius 3 is 2.12 bits per heavy atom. The average molecular weight is 237 g/mol. The topological polar surface area (TPSA) is 21.7 Å². The molecule has 1 aromatic rings. The summed E-state index contributed by atoms with van der Waals surface area (Å²) in [5.74, 6) is 1.77. The lowest BCUT2D eigenvalue weighted by atomic mass is 10.3. The van der Waals surface area contributed by atoms with Gasteiger partial charge >= 0.3 is 0 Å². The van der Waals surface area contributed by atoms with E-state index in [-0.39, 0.29) is 0 Å².